The predicted molar refractivity (Wildman–Crippen MR) is 98.6 cm³/mol. The lowest BCUT2D eigenvalue weighted by Crippen LogP contribution is -2.41. The van der Waals surface area contributed by atoms with Crippen LogP contribution in [0.4, 0.5) is 0 Å². The Balaban J connectivity index is 1.56. The molecule has 0 unspecified atom stereocenters. The van der Waals surface area contributed by atoms with Crippen LogP contribution in [0.3, 0.4) is 0 Å². The highest BCUT2D eigenvalue weighted by atomic mass is 32.2. The first kappa shape index (κ1) is 17.1. The van der Waals surface area contributed by atoms with E-state index in [0.29, 0.717) is 16.6 Å². The maximum atomic E-state index is 12.6. The summed E-state index contributed by atoms with van der Waals surface area (Å²) in [6.45, 7) is 0. The summed E-state index contributed by atoms with van der Waals surface area (Å²) in [4.78, 5) is 32.2. The molecule has 0 atom stereocenters. The standard InChI is InChI=1S/C18H14N4O4S/c1-25-12-8-6-11(7-9-12)22-16(17(24)26-21-22)15(23)10-27-18-19-13-4-2-3-5-14(13)20-18/h2-9H,10H2,1H3,(H-,19,20,21,23,24)/p+1. The number of ketones is 1. The van der Waals surface area contributed by atoms with Crippen LogP contribution in [-0.4, -0.2) is 33.9 Å². The van der Waals surface area contributed by atoms with Crippen LogP contribution in [0.15, 0.2) is 63.0 Å². The molecule has 2 aromatic carbocycles. The molecule has 0 fully saturated rings. The van der Waals surface area contributed by atoms with Crippen molar-refractivity contribution < 1.29 is 18.7 Å². The van der Waals surface area contributed by atoms with Gasteiger partial charge in [-0.1, -0.05) is 23.9 Å². The van der Waals surface area contributed by atoms with Gasteiger partial charge in [-0.2, -0.15) is 0 Å². The largest absolute Gasteiger partial charge is 0.497 e. The quantitative estimate of drug-likeness (QED) is 0.300. The highest BCUT2D eigenvalue weighted by Crippen LogP contribution is 2.19. The number of H-pyrrole nitrogens is 2. The van der Waals surface area contributed by atoms with Crippen molar-refractivity contribution in [3.63, 3.8) is 0 Å². The van der Waals surface area contributed by atoms with Gasteiger partial charge in [0.1, 0.15) is 5.75 Å². The summed E-state index contributed by atoms with van der Waals surface area (Å²) in [7, 11) is 1.56. The highest BCUT2D eigenvalue weighted by Gasteiger charge is 2.30. The molecule has 9 heteroatoms. The molecule has 0 bridgehead atoms. The van der Waals surface area contributed by atoms with Crippen LogP contribution >= 0.6 is 11.8 Å². The summed E-state index contributed by atoms with van der Waals surface area (Å²) in [6, 6.07) is 14.5. The molecule has 2 aromatic heterocycles. The molecule has 4 rings (SSSR count). The number of Topliss-reactive ketones (excluding diaryl/α,β-unsaturated/α-hetero) is 1. The van der Waals surface area contributed by atoms with E-state index in [9.17, 15) is 9.59 Å². The average molecular weight is 383 g/mol. The lowest BCUT2D eigenvalue weighted by atomic mass is 10.2. The second kappa shape index (κ2) is 7.12. The summed E-state index contributed by atoms with van der Waals surface area (Å²) in [5.74, 6) is 0.336. The van der Waals surface area contributed by atoms with E-state index in [1.54, 1.807) is 31.4 Å². The first-order valence-electron chi connectivity index (χ1n) is 8.04. The maximum absolute atomic E-state index is 12.6. The number of benzene rings is 2. The van der Waals surface area contributed by atoms with Gasteiger partial charge in [0.2, 0.25) is 11.5 Å². The fourth-order valence-corrected chi connectivity index (χ4v) is 3.37. The molecule has 0 radical (unpaired) electrons. The van der Waals surface area contributed by atoms with E-state index in [1.165, 1.54) is 16.4 Å². The lowest BCUT2D eigenvalue weighted by Gasteiger charge is -1.98. The number of methoxy groups -OCH3 is 1. The van der Waals surface area contributed by atoms with Crippen molar-refractivity contribution in [1.82, 2.24) is 15.2 Å². The maximum Gasteiger partial charge on any atom is 0.438 e. The van der Waals surface area contributed by atoms with Crippen molar-refractivity contribution in [2.45, 2.75) is 5.16 Å². The number of nitrogens with zero attached hydrogens (tertiary/aromatic N) is 2. The highest BCUT2D eigenvalue weighted by molar-refractivity contribution is 7.99. The van der Waals surface area contributed by atoms with Crippen LogP contribution < -0.4 is 15.0 Å². The second-order valence-electron chi connectivity index (χ2n) is 5.63. The SMILES string of the molecule is COc1ccc(-[n+]2[nH]oc(=O)c2C(=O)CSc2nc3ccccc3[nH]2)cc1. The number of carbonyl (C=O) groups is 1. The number of fused-ring (bicyclic) bond motifs is 1. The monoisotopic (exact) mass is 383 g/mol. The number of hydrogen-bond donors (Lipinski definition) is 2. The summed E-state index contributed by atoms with van der Waals surface area (Å²) >= 11 is 1.23. The van der Waals surface area contributed by atoms with Crippen LogP contribution in [0.25, 0.3) is 16.7 Å². The third-order valence-corrected chi connectivity index (χ3v) is 4.82. The van der Waals surface area contributed by atoms with Gasteiger partial charge in [-0.15, -0.1) is 0 Å². The lowest BCUT2D eigenvalue weighted by molar-refractivity contribution is -0.672. The molecule has 4 aromatic rings. The second-order valence-corrected chi connectivity index (χ2v) is 6.60. The topological polar surface area (TPSA) is 105 Å². The molecule has 27 heavy (non-hydrogen) atoms. The van der Waals surface area contributed by atoms with Crippen molar-refractivity contribution in [3.8, 4) is 11.4 Å². The first-order chi connectivity index (χ1) is 13.2. The van der Waals surface area contributed by atoms with E-state index in [2.05, 4.69) is 15.2 Å². The molecule has 0 saturated carbocycles. The Bertz CT molecular complexity index is 1130. The minimum Gasteiger partial charge on any atom is -0.497 e. The molecule has 0 aliphatic rings. The van der Waals surface area contributed by atoms with E-state index in [0.717, 1.165) is 11.0 Å². The third kappa shape index (κ3) is 3.36. The Morgan fingerprint density at radius 2 is 2.00 bits per heavy atom. The van der Waals surface area contributed by atoms with Gasteiger partial charge in [0.05, 0.1) is 23.9 Å². The predicted octanol–water partition coefficient (Wildman–Crippen LogP) is 2.10. The molecule has 0 amide bonds. The zero-order chi connectivity index (χ0) is 18.8. The number of nitrogens with one attached hydrogen (secondary N) is 2. The molecule has 0 saturated heterocycles. The van der Waals surface area contributed by atoms with Crippen LogP contribution in [0.2, 0.25) is 0 Å². The Kier molecular flexibility index (Phi) is 4.51. The van der Waals surface area contributed by atoms with Crippen LogP contribution in [0, 0.1) is 0 Å². The summed E-state index contributed by atoms with van der Waals surface area (Å²) in [6.07, 6.45) is 0. The van der Waals surface area contributed by atoms with Gasteiger partial charge in [-0.05, 0) is 34.2 Å². The molecule has 0 aliphatic carbocycles. The molecular weight excluding hydrogens is 368 g/mol. The van der Waals surface area contributed by atoms with E-state index in [1.807, 2.05) is 24.3 Å². The first-order valence-corrected chi connectivity index (χ1v) is 9.03. The van der Waals surface area contributed by atoms with Gasteiger partial charge in [-0.25, -0.2) is 9.78 Å². The fraction of sp³-hybridized carbons (Fsp3) is 0.111. The molecule has 2 N–H and O–H groups in total. The van der Waals surface area contributed by atoms with Crippen molar-refractivity contribution in [3.05, 3.63) is 64.6 Å². The molecule has 0 spiro atoms. The number of aromatic nitrogens is 4. The number of carbonyl (C=O) groups excluding carboxylic acids is 1. The van der Waals surface area contributed by atoms with Gasteiger partial charge < -0.3 is 9.72 Å². The van der Waals surface area contributed by atoms with E-state index in [4.69, 9.17) is 9.26 Å². The van der Waals surface area contributed by atoms with Gasteiger partial charge in [0, 0.05) is 12.1 Å². The zero-order valence-electron chi connectivity index (χ0n) is 14.3. The minimum atomic E-state index is -0.721. The Morgan fingerprint density at radius 1 is 1.22 bits per heavy atom. The van der Waals surface area contributed by atoms with Crippen molar-refractivity contribution >= 4 is 28.6 Å². The minimum absolute atomic E-state index is 0.0403. The van der Waals surface area contributed by atoms with Gasteiger partial charge in [0.25, 0.3) is 0 Å². The number of aromatic amines is 2. The van der Waals surface area contributed by atoms with Crippen LogP contribution in [-0.2, 0) is 0 Å². The number of ether oxygens (including phenoxy) is 1. The zero-order valence-corrected chi connectivity index (χ0v) is 15.1. The molecule has 136 valence electrons. The fourth-order valence-electron chi connectivity index (χ4n) is 2.62. The number of hydrogen-bond acceptors (Lipinski definition) is 6. The summed E-state index contributed by atoms with van der Waals surface area (Å²) in [5.41, 5.74) is 1.49. The Labute approximate surface area is 157 Å². The summed E-state index contributed by atoms with van der Waals surface area (Å²) in [5, 5.41) is 3.07. The molecule has 2 heterocycles. The third-order valence-electron chi connectivity index (χ3n) is 3.95. The normalized spacial score (nSPS) is 11.0. The van der Waals surface area contributed by atoms with Crippen molar-refractivity contribution in [1.29, 1.82) is 0 Å². The number of imidazole rings is 1. The molecular formula is C18H15N4O4S+. The number of rotatable bonds is 6. The Morgan fingerprint density at radius 3 is 2.74 bits per heavy atom. The van der Waals surface area contributed by atoms with Crippen LogP contribution in [0.1, 0.15) is 10.5 Å². The van der Waals surface area contributed by atoms with Crippen molar-refractivity contribution in [2.75, 3.05) is 12.9 Å². The average Bonchev–Trinajstić information content (AvgIpc) is 3.29. The van der Waals surface area contributed by atoms with E-state index < -0.39 is 5.63 Å². The summed E-state index contributed by atoms with van der Waals surface area (Å²) < 4.78 is 11.3. The van der Waals surface area contributed by atoms with Gasteiger partial charge in [0.15, 0.2) is 5.16 Å². The number of thioether (sulfide) groups is 1. The number of para-hydroxylation sites is 2. The van der Waals surface area contributed by atoms with Crippen LogP contribution in [0.5, 0.6) is 5.75 Å². The van der Waals surface area contributed by atoms with Gasteiger partial charge >= 0.3 is 11.3 Å². The molecule has 8 nitrogen and oxygen atoms in total. The van der Waals surface area contributed by atoms with E-state index >= 15 is 0 Å². The van der Waals surface area contributed by atoms with Crippen molar-refractivity contribution in [2.24, 2.45) is 0 Å². The van der Waals surface area contributed by atoms with E-state index in [-0.39, 0.29) is 17.2 Å². The Hall–Kier alpha value is -3.33. The smallest absolute Gasteiger partial charge is 0.438 e. The van der Waals surface area contributed by atoms with Gasteiger partial charge in [-0.3, -0.25) is 9.32 Å². The molecule has 0 aliphatic heterocycles.